The molecular formula is C15H15N3S. The Hall–Kier alpha value is -1.94. The van der Waals surface area contributed by atoms with Crippen molar-refractivity contribution >= 4 is 27.4 Å². The summed E-state index contributed by atoms with van der Waals surface area (Å²) < 4.78 is 0. The average Bonchev–Trinajstić information content (AvgIpc) is 2.93. The number of para-hydroxylation sites is 1. The predicted molar refractivity (Wildman–Crippen MR) is 80.6 cm³/mol. The summed E-state index contributed by atoms with van der Waals surface area (Å²) in [6.45, 7) is 2.87. The molecule has 0 aliphatic rings. The summed E-state index contributed by atoms with van der Waals surface area (Å²) in [5.41, 5.74) is 3.40. The highest BCUT2D eigenvalue weighted by Crippen LogP contribution is 2.20. The maximum absolute atomic E-state index is 4.51. The van der Waals surface area contributed by atoms with E-state index in [0.717, 1.165) is 29.3 Å². The van der Waals surface area contributed by atoms with E-state index in [0.29, 0.717) is 0 Å². The van der Waals surface area contributed by atoms with Crippen LogP contribution in [-0.4, -0.2) is 9.97 Å². The number of nitrogens with one attached hydrogen (secondary N) is 1. The second-order valence-electron chi connectivity index (χ2n) is 4.34. The van der Waals surface area contributed by atoms with Gasteiger partial charge in [0.15, 0.2) is 5.13 Å². The van der Waals surface area contributed by atoms with Crippen LogP contribution >= 0.6 is 11.3 Å². The van der Waals surface area contributed by atoms with E-state index in [9.17, 15) is 0 Å². The summed E-state index contributed by atoms with van der Waals surface area (Å²) in [5, 5.41) is 7.63. The zero-order valence-corrected chi connectivity index (χ0v) is 11.6. The lowest BCUT2D eigenvalue weighted by atomic mass is 10.1. The number of rotatable bonds is 4. The van der Waals surface area contributed by atoms with Crippen LogP contribution < -0.4 is 5.32 Å². The molecule has 2 aromatic heterocycles. The monoisotopic (exact) mass is 269 g/mol. The topological polar surface area (TPSA) is 37.8 Å². The molecule has 0 amide bonds. The fourth-order valence-electron chi connectivity index (χ4n) is 2.03. The highest BCUT2D eigenvalue weighted by atomic mass is 32.1. The number of aryl methyl sites for hydroxylation is 1. The standard InChI is InChI=1S/C15H15N3S/c1-2-13-10-19-15(18-13)17-9-12-6-3-5-11-7-4-8-16-14(11)12/h3-8,10H,2,9H2,1H3,(H,17,18). The molecule has 0 fully saturated rings. The third kappa shape index (κ3) is 2.58. The molecule has 0 atom stereocenters. The van der Waals surface area contributed by atoms with E-state index in [1.54, 1.807) is 11.3 Å². The second-order valence-corrected chi connectivity index (χ2v) is 5.20. The molecule has 2 heterocycles. The minimum Gasteiger partial charge on any atom is -0.357 e. The smallest absolute Gasteiger partial charge is 0.183 e. The van der Waals surface area contributed by atoms with E-state index < -0.39 is 0 Å². The van der Waals surface area contributed by atoms with Crippen molar-refractivity contribution in [2.75, 3.05) is 5.32 Å². The van der Waals surface area contributed by atoms with E-state index >= 15 is 0 Å². The summed E-state index contributed by atoms with van der Waals surface area (Å²) in [7, 11) is 0. The van der Waals surface area contributed by atoms with Crippen molar-refractivity contribution in [2.45, 2.75) is 19.9 Å². The highest BCUT2D eigenvalue weighted by molar-refractivity contribution is 7.13. The van der Waals surface area contributed by atoms with Crippen molar-refractivity contribution in [3.05, 3.63) is 53.2 Å². The van der Waals surface area contributed by atoms with Gasteiger partial charge in [-0.05, 0) is 18.1 Å². The summed E-state index contributed by atoms with van der Waals surface area (Å²) in [6.07, 6.45) is 2.82. The summed E-state index contributed by atoms with van der Waals surface area (Å²) in [5.74, 6) is 0. The van der Waals surface area contributed by atoms with Gasteiger partial charge in [-0.25, -0.2) is 4.98 Å². The zero-order chi connectivity index (χ0) is 13.1. The summed E-state index contributed by atoms with van der Waals surface area (Å²) in [6, 6.07) is 10.3. The van der Waals surface area contributed by atoms with Crippen LogP contribution in [0.3, 0.4) is 0 Å². The van der Waals surface area contributed by atoms with Crippen molar-refractivity contribution in [1.29, 1.82) is 0 Å². The van der Waals surface area contributed by atoms with Gasteiger partial charge >= 0.3 is 0 Å². The van der Waals surface area contributed by atoms with E-state index in [2.05, 4.69) is 51.9 Å². The van der Waals surface area contributed by atoms with Gasteiger partial charge in [-0.15, -0.1) is 11.3 Å². The van der Waals surface area contributed by atoms with Gasteiger partial charge in [0.25, 0.3) is 0 Å². The van der Waals surface area contributed by atoms with Crippen molar-refractivity contribution < 1.29 is 0 Å². The minimum atomic E-state index is 0.755. The molecule has 19 heavy (non-hydrogen) atoms. The molecule has 3 nitrogen and oxygen atoms in total. The molecule has 4 heteroatoms. The van der Waals surface area contributed by atoms with Crippen molar-refractivity contribution in [3.8, 4) is 0 Å². The minimum absolute atomic E-state index is 0.755. The van der Waals surface area contributed by atoms with Gasteiger partial charge in [0.05, 0.1) is 11.2 Å². The van der Waals surface area contributed by atoms with Crippen LogP contribution in [0.1, 0.15) is 18.2 Å². The number of fused-ring (bicyclic) bond motifs is 1. The number of thiazole rings is 1. The Labute approximate surface area is 116 Å². The van der Waals surface area contributed by atoms with Crippen LogP contribution in [0.5, 0.6) is 0 Å². The molecule has 0 bridgehead atoms. The molecule has 1 N–H and O–H groups in total. The lowest BCUT2D eigenvalue weighted by Crippen LogP contribution is -2.00. The summed E-state index contributed by atoms with van der Waals surface area (Å²) >= 11 is 1.66. The first kappa shape index (κ1) is 12.1. The molecule has 0 saturated heterocycles. The predicted octanol–water partition coefficient (Wildman–Crippen LogP) is 3.87. The van der Waals surface area contributed by atoms with E-state index in [1.165, 1.54) is 10.9 Å². The molecule has 3 aromatic rings. The van der Waals surface area contributed by atoms with Gasteiger partial charge in [-0.3, -0.25) is 4.98 Å². The Morgan fingerprint density at radius 2 is 2.11 bits per heavy atom. The van der Waals surface area contributed by atoms with Gasteiger partial charge in [-0.1, -0.05) is 31.2 Å². The molecule has 1 aromatic carbocycles. The van der Waals surface area contributed by atoms with E-state index in [-0.39, 0.29) is 0 Å². The van der Waals surface area contributed by atoms with Crippen LogP contribution in [0.4, 0.5) is 5.13 Å². The third-order valence-corrected chi connectivity index (χ3v) is 3.91. The maximum Gasteiger partial charge on any atom is 0.183 e. The normalized spacial score (nSPS) is 10.8. The number of aromatic nitrogens is 2. The fourth-order valence-corrected chi connectivity index (χ4v) is 2.82. The Morgan fingerprint density at radius 1 is 1.21 bits per heavy atom. The summed E-state index contributed by atoms with van der Waals surface area (Å²) in [4.78, 5) is 8.97. The quantitative estimate of drug-likeness (QED) is 0.781. The van der Waals surface area contributed by atoms with Crippen molar-refractivity contribution in [3.63, 3.8) is 0 Å². The zero-order valence-electron chi connectivity index (χ0n) is 10.8. The van der Waals surface area contributed by atoms with Crippen molar-refractivity contribution in [1.82, 2.24) is 9.97 Å². The Bertz CT molecular complexity index is 685. The molecule has 0 spiro atoms. The third-order valence-electron chi connectivity index (χ3n) is 3.06. The van der Waals surface area contributed by atoms with E-state index in [1.807, 2.05) is 12.3 Å². The van der Waals surface area contributed by atoms with Crippen LogP contribution in [0, 0.1) is 0 Å². The fraction of sp³-hybridized carbons (Fsp3) is 0.200. The van der Waals surface area contributed by atoms with Crippen LogP contribution in [0.25, 0.3) is 10.9 Å². The molecule has 0 aliphatic carbocycles. The maximum atomic E-state index is 4.51. The van der Waals surface area contributed by atoms with Crippen LogP contribution in [0.2, 0.25) is 0 Å². The van der Waals surface area contributed by atoms with Crippen LogP contribution in [-0.2, 0) is 13.0 Å². The number of hydrogen-bond acceptors (Lipinski definition) is 4. The van der Waals surface area contributed by atoms with Gasteiger partial charge in [0.2, 0.25) is 0 Å². The number of anilines is 1. The average molecular weight is 269 g/mol. The number of pyridine rings is 1. The number of hydrogen-bond donors (Lipinski definition) is 1. The van der Waals surface area contributed by atoms with Crippen molar-refractivity contribution in [2.24, 2.45) is 0 Å². The first-order valence-corrected chi connectivity index (χ1v) is 7.25. The molecule has 0 aliphatic heterocycles. The van der Waals surface area contributed by atoms with Gasteiger partial charge in [0, 0.05) is 23.5 Å². The SMILES string of the molecule is CCc1csc(NCc2cccc3cccnc23)n1. The Balaban J connectivity index is 1.81. The van der Waals surface area contributed by atoms with Gasteiger partial charge in [0.1, 0.15) is 0 Å². The van der Waals surface area contributed by atoms with Crippen LogP contribution in [0.15, 0.2) is 41.9 Å². The van der Waals surface area contributed by atoms with E-state index in [4.69, 9.17) is 0 Å². The lowest BCUT2D eigenvalue weighted by molar-refractivity contribution is 1.05. The molecule has 0 radical (unpaired) electrons. The lowest BCUT2D eigenvalue weighted by Gasteiger charge is -2.06. The molecular weight excluding hydrogens is 254 g/mol. The highest BCUT2D eigenvalue weighted by Gasteiger charge is 2.03. The number of benzene rings is 1. The first-order valence-electron chi connectivity index (χ1n) is 6.37. The molecule has 0 unspecified atom stereocenters. The Morgan fingerprint density at radius 3 is 2.95 bits per heavy atom. The number of nitrogens with zero attached hydrogens (tertiary/aromatic N) is 2. The van der Waals surface area contributed by atoms with Gasteiger partial charge < -0.3 is 5.32 Å². The largest absolute Gasteiger partial charge is 0.357 e. The first-order chi connectivity index (χ1) is 9.36. The molecule has 0 saturated carbocycles. The van der Waals surface area contributed by atoms with Gasteiger partial charge in [-0.2, -0.15) is 0 Å². The molecule has 96 valence electrons. The molecule has 3 rings (SSSR count). The Kier molecular flexibility index (Phi) is 3.42. The second kappa shape index (κ2) is 5.36.